The average Bonchev–Trinajstić information content (AvgIpc) is 2.38. The molecule has 4 N–H and O–H groups in total. The monoisotopic (exact) mass is 358 g/mol. The van der Waals surface area contributed by atoms with E-state index < -0.39 is 24.0 Å². The van der Waals surface area contributed by atoms with Crippen LogP contribution in [0.15, 0.2) is 22.7 Å². The summed E-state index contributed by atoms with van der Waals surface area (Å²) in [5.74, 6) is -2.40. The van der Waals surface area contributed by atoms with E-state index >= 15 is 0 Å². The molecule has 0 saturated heterocycles. The highest BCUT2D eigenvalue weighted by molar-refractivity contribution is 9.10. The van der Waals surface area contributed by atoms with E-state index in [-0.39, 0.29) is 12.8 Å². The number of aryl methyl sites for hydroxylation is 1. The van der Waals surface area contributed by atoms with Crippen LogP contribution in [0.1, 0.15) is 18.4 Å². The van der Waals surface area contributed by atoms with Crippen molar-refractivity contribution in [3.63, 3.8) is 0 Å². The van der Waals surface area contributed by atoms with Crippen LogP contribution in [0.2, 0.25) is 0 Å². The number of urea groups is 1. The first-order valence-electron chi connectivity index (χ1n) is 6.08. The molecule has 0 heterocycles. The summed E-state index contributed by atoms with van der Waals surface area (Å²) in [6.07, 6.45) is -0.525. The van der Waals surface area contributed by atoms with Gasteiger partial charge in [-0.25, -0.2) is 9.59 Å². The highest BCUT2D eigenvalue weighted by atomic mass is 79.9. The number of carboxylic acid groups (broad SMARTS) is 2. The molecule has 0 unspecified atom stereocenters. The normalized spacial score (nSPS) is 11.5. The molecule has 0 saturated carbocycles. The van der Waals surface area contributed by atoms with Gasteiger partial charge in [-0.05, 0) is 31.0 Å². The summed E-state index contributed by atoms with van der Waals surface area (Å²) >= 11 is 3.32. The Kier molecular flexibility index (Phi) is 6.16. The lowest BCUT2D eigenvalue weighted by Gasteiger charge is -2.14. The summed E-state index contributed by atoms with van der Waals surface area (Å²) in [7, 11) is 0. The van der Waals surface area contributed by atoms with E-state index in [1.165, 1.54) is 0 Å². The minimum Gasteiger partial charge on any atom is -0.481 e. The van der Waals surface area contributed by atoms with Crippen LogP contribution in [0.5, 0.6) is 0 Å². The van der Waals surface area contributed by atoms with Crippen LogP contribution in [0.3, 0.4) is 0 Å². The van der Waals surface area contributed by atoms with Crippen LogP contribution in [0, 0.1) is 6.92 Å². The Morgan fingerprint density at radius 2 is 1.95 bits per heavy atom. The van der Waals surface area contributed by atoms with E-state index in [4.69, 9.17) is 10.2 Å². The van der Waals surface area contributed by atoms with Gasteiger partial charge < -0.3 is 20.8 Å². The molecule has 0 bridgehead atoms. The first kappa shape index (κ1) is 17.0. The summed E-state index contributed by atoms with van der Waals surface area (Å²) in [6, 6.07) is 3.19. The molecular weight excluding hydrogens is 344 g/mol. The number of carboxylic acids is 2. The minimum absolute atomic E-state index is 0.185. The van der Waals surface area contributed by atoms with E-state index in [2.05, 4.69) is 26.6 Å². The maximum atomic E-state index is 11.7. The number of halogens is 1. The van der Waals surface area contributed by atoms with Crippen molar-refractivity contribution in [1.82, 2.24) is 5.32 Å². The van der Waals surface area contributed by atoms with Gasteiger partial charge >= 0.3 is 18.0 Å². The molecule has 114 valence electrons. The molecule has 7 nitrogen and oxygen atoms in total. The van der Waals surface area contributed by atoms with Crippen molar-refractivity contribution in [2.45, 2.75) is 25.8 Å². The smallest absolute Gasteiger partial charge is 0.326 e. The van der Waals surface area contributed by atoms with Crippen LogP contribution in [-0.4, -0.2) is 34.2 Å². The molecule has 0 aliphatic carbocycles. The number of aliphatic carboxylic acids is 2. The second kappa shape index (κ2) is 7.63. The Morgan fingerprint density at radius 1 is 1.29 bits per heavy atom. The summed E-state index contributed by atoms with van der Waals surface area (Å²) in [5, 5.41) is 22.2. The largest absolute Gasteiger partial charge is 0.481 e. The molecule has 8 heteroatoms. The van der Waals surface area contributed by atoms with Gasteiger partial charge in [0, 0.05) is 16.6 Å². The van der Waals surface area contributed by atoms with Crippen molar-refractivity contribution >= 4 is 39.6 Å². The fourth-order valence-corrected chi connectivity index (χ4v) is 1.90. The molecule has 21 heavy (non-hydrogen) atoms. The first-order valence-corrected chi connectivity index (χ1v) is 6.87. The average molecular weight is 359 g/mol. The SMILES string of the molecule is Cc1ccc(NC(=O)N[C@@H](CCC(=O)O)C(=O)O)cc1Br. The number of nitrogens with one attached hydrogen (secondary N) is 2. The van der Waals surface area contributed by atoms with Gasteiger partial charge in [0.2, 0.25) is 0 Å². The van der Waals surface area contributed by atoms with Gasteiger partial charge in [-0.1, -0.05) is 22.0 Å². The molecule has 1 aromatic rings. The number of benzene rings is 1. The van der Waals surface area contributed by atoms with Crippen molar-refractivity contribution in [3.8, 4) is 0 Å². The zero-order chi connectivity index (χ0) is 16.0. The lowest BCUT2D eigenvalue weighted by atomic mass is 10.1. The van der Waals surface area contributed by atoms with Crippen molar-refractivity contribution in [1.29, 1.82) is 0 Å². The molecule has 0 spiro atoms. The Labute approximate surface area is 129 Å². The van der Waals surface area contributed by atoms with Gasteiger partial charge in [-0.3, -0.25) is 4.79 Å². The molecule has 1 aromatic carbocycles. The van der Waals surface area contributed by atoms with E-state index in [1.807, 2.05) is 6.92 Å². The molecule has 0 aliphatic rings. The van der Waals surface area contributed by atoms with Crippen molar-refractivity contribution in [3.05, 3.63) is 28.2 Å². The molecule has 2 amide bonds. The number of hydrogen-bond acceptors (Lipinski definition) is 3. The van der Waals surface area contributed by atoms with Crippen LogP contribution < -0.4 is 10.6 Å². The van der Waals surface area contributed by atoms with E-state index in [1.54, 1.807) is 18.2 Å². The van der Waals surface area contributed by atoms with Gasteiger partial charge in [0.1, 0.15) is 6.04 Å². The van der Waals surface area contributed by atoms with Crippen molar-refractivity contribution in [2.75, 3.05) is 5.32 Å². The summed E-state index contributed by atoms with van der Waals surface area (Å²) in [6.45, 7) is 1.89. The Morgan fingerprint density at radius 3 is 2.48 bits per heavy atom. The Bertz CT molecular complexity index is 561. The van der Waals surface area contributed by atoms with Crippen LogP contribution >= 0.6 is 15.9 Å². The van der Waals surface area contributed by atoms with Gasteiger partial charge in [0.15, 0.2) is 0 Å². The lowest BCUT2D eigenvalue weighted by molar-refractivity contribution is -0.140. The van der Waals surface area contributed by atoms with Gasteiger partial charge in [0.05, 0.1) is 0 Å². The molecule has 0 fully saturated rings. The van der Waals surface area contributed by atoms with Gasteiger partial charge in [0.25, 0.3) is 0 Å². The van der Waals surface area contributed by atoms with E-state index in [0.29, 0.717) is 5.69 Å². The van der Waals surface area contributed by atoms with Gasteiger partial charge in [-0.15, -0.1) is 0 Å². The molecule has 1 rings (SSSR count). The number of carbonyl (C=O) groups excluding carboxylic acids is 1. The predicted octanol–water partition coefficient (Wildman–Crippen LogP) is 2.20. The molecule has 0 radical (unpaired) electrons. The zero-order valence-electron chi connectivity index (χ0n) is 11.2. The summed E-state index contributed by atoms with van der Waals surface area (Å²) in [5.41, 5.74) is 1.48. The highest BCUT2D eigenvalue weighted by Crippen LogP contribution is 2.20. The number of carbonyl (C=O) groups is 3. The number of amides is 2. The van der Waals surface area contributed by atoms with Crippen molar-refractivity contribution < 1.29 is 24.6 Å². The third kappa shape index (κ3) is 5.82. The Balaban J connectivity index is 2.62. The van der Waals surface area contributed by atoms with E-state index in [9.17, 15) is 14.4 Å². The topological polar surface area (TPSA) is 116 Å². The number of anilines is 1. The first-order chi connectivity index (χ1) is 9.79. The third-order valence-corrected chi connectivity index (χ3v) is 3.53. The second-order valence-corrected chi connectivity index (χ2v) is 5.24. The quantitative estimate of drug-likeness (QED) is 0.622. The standard InChI is InChI=1S/C13H15BrN2O5/c1-7-2-3-8(6-9(7)14)15-13(21)16-10(12(19)20)4-5-11(17)18/h2-3,6,10H,4-5H2,1H3,(H,17,18)(H,19,20)(H2,15,16,21)/t10-/m0/s1. The maximum absolute atomic E-state index is 11.7. The minimum atomic E-state index is -1.28. The number of rotatable bonds is 6. The summed E-state index contributed by atoms with van der Waals surface area (Å²) < 4.78 is 0.806. The predicted molar refractivity (Wildman–Crippen MR) is 79.3 cm³/mol. The molecule has 0 aromatic heterocycles. The second-order valence-electron chi connectivity index (χ2n) is 4.39. The third-order valence-electron chi connectivity index (χ3n) is 2.68. The highest BCUT2D eigenvalue weighted by Gasteiger charge is 2.20. The van der Waals surface area contributed by atoms with Crippen LogP contribution in [0.4, 0.5) is 10.5 Å². The lowest BCUT2D eigenvalue weighted by Crippen LogP contribution is -2.43. The molecule has 1 atom stereocenters. The Hall–Kier alpha value is -2.09. The molecular formula is C13H15BrN2O5. The maximum Gasteiger partial charge on any atom is 0.326 e. The van der Waals surface area contributed by atoms with Gasteiger partial charge in [-0.2, -0.15) is 0 Å². The van der Waals surface area contributed by atoms with Crippen LogP contribution in [-0.2, 0) is 9.59 Å². The zero-order valence-corrected chi connectivity index (χ0v) is 12.8. The van der Waals surface area contributed by atoms with Crippen molar-refractivity contribution in [2.24, 2.45) is 0 Å². The fraction of sp³-hybridized carbons (Fsp3) is 0.308. The van der Waals surface area contributed by atoms with Crippen LogP contribution in [0.25, 0.3) is 0 Å². The van der Waals surface area contributed by atoms with E-state index in [0.717, 1.165) is 10.0 Å². The summed E-state index contributed by atoms with van der Waals surface area (Å²) in [4.78, 5) is 33.1. The fourth-order valence-electron chi connectivity index (χ4n) is 1.52. The number of hydrogen-bond donors (Lipinski definition) is 4. The molecule has 0 aliphatic heterocycles.